The molecule has 1 N–H and O–H groups in total. The average molecular weight is 351 g/mol. The molecule has 26 heavy (non-hydrogen) atoms. The maximum absolute atomic E-state index is 9.67. The molecule has 0 saturated heterocycles. The fourth-order valence-corrected chi connectivity index (χ4v) is 4.05. The second-order valence-electron chi connectivity index (χ2n) is 8.46. The molecule has 0 radical (unpaired) electrons. The summed E-state index contributed by atoms with van der Waals surface area (Å²) >= 11 is 0. The third kappa shape index (κ3) is 2.74. The molecule has 2 aliphatic heterocycles. The maximum atomic E-state index is 9.67. The van der Waals surface area contributed by atoms with Gasteiger partial charge in [0.2, 0.25) is 0 Å². The molecule has 2 aliphatic rings. The predicted octanol–water partition coefficient (Wildman–Crippen LogP) is 4.29. The fraction of sp³-hybridized carbons (Fsp3) is 0.409. The molecule has 0 aromatic heterocycles. The number of methoxy groups -OCH3 is 1. The summed E-state index contributed by atoms with van der Waals surface area (Å²) in [5, 5.41) is 9.67. The lowest BCUT2D eigenvalue weighted by molar-refractivity contribution is 0.134. The van der Waals surface area contributed by atoms with Crippen molar-refractivity contribution in [3.8, 4) is 17.2 Å². The molecule has 0 spiro atoms. The summed E-state index contributed by atoms with van der Waals surface area (Å²) in [5.41, 5.74) is 5.09. The van der Waals surface area contributed by atoms with Gasteiger partial charge in [0.25, 0.3) is 0 Å². The van der Waals surface area contributed by atoms with Crippen molar-refractivity contribution < 1.29 is 14.6 Å². The van der Waals surface area contributed by atoms with Crippen molar-refractivity contribution in [2.75, 3.05) is 7.11 Å². The van der Waals surface area contributed by atoms with Crippen molar-refractivity contribution in [3.05, 3.63) is 52.6 Å². The Labute approximate surface area is 154 Å². The van der Waals surface area contributed by atoms with E-state index in [2.05, 4.69) is 33.8 Å². The number of nitrogens with zero attached hydrogens (tertiary/aromatic N) is 1. The van der Waals surface area contributed by atoms with Crippen molar-refractivity contribution in [2.24, 2.45) is 4.99 Å². The molecular formula is C22H25NO3. The van der Waals surface area contributed by atoms with Crippen molar-refractivity contribution in [2.45, 2.75) is 51.7 Å². The van der Waals surface area contributed by atoms with Crippen LogP contribution in [0.25, 0.3) is 0 Å². The van der Waals surface area contributed by atoms with Crippen molar-refractivity contribution in [3.63, 3.8) is 0 Å². The van der Waals surface area contributed by atoms with Gasteiger partial charge in [-0.15, -0.1) is 0 Å². The van der Waals surface area contributed by atoms with Crippen LogP contribution in [0.1, 0.15) is 49.9 Å². The van der Waals surface area contributed by atoms with Crippen molar-refractivity contribution >= 4 is 5.71 Å². The van der Waals surface area contributed by atoms with E-state index in [0.29, 0.717) is 0 Å². The first-order chi connectivity index (χ1) is 12.2. The van der Waals surface area contributed by atoms with Crippen LogP contribution in [0.4, 0.5) is 0 Å². The van der Waals surface area contributed by atoms with E-state index >= 15 is 0 Å². The number of fused-ring (bicyclic) bond motifs is 3. The van der Waals surface area contributed by atoms with E-state index in [4.69, 9.17) is 14.5 Å². The Kier molecular flexibility index (Phi) is 3.59. The van der Waals surface area contributed by atoms with Crippen LogP contribution < -0.4 is 9.47 Å². The van der Waals surface area contributed by atoms with Gasteiger partial charge >= 0.3 is 0 Å². The Bertz CT molecular complexity index is 908. The number of phenols is 1. The Morgan fingerprint density at radius 3 is 2.42 bits per heavy atom. The summed E-state index contributed by atoms with van der Waals surface area (Å²) in [4.78, 5) is 5.07. The van der Waals surface area contributed by atoms with Crippen LogP contribution in [-0.4, -0.2) is 29.1 Å². The molecule has 0 bridgehead atoms. The smallest absolute Gasteiger partial charge is 0.166 e. The van der Waals surface area contributed by atoms with E-state index in [1.807, 2.05) is 12.1 Å². The van der Waals surface area contributed by atoms with E-state index in [-0.39, 0.29) is 16.9 Å². The first-order valence-electron chi connectivity index (χ1n) is 9.00. The topological polar surface area (TPSA) is 51.0 Å². The second-order valence-corrected chi connectivity index (χ2v) is 8.46. The number of aromatic hydroxyl groups is 1. The summed E-state index contributed by atoms with van der Waals surface area (Å²) in [5.74, 6) is 1.89. The first kappa shape index (κ1) is 17.0. The largest absolute Gasteiger partial charge is 0.508 e. The Balaban J connectivity index is 1.98. The number of benzene rings is 2. The van der Waals surface area contributed by atoms with E-state index in [9.17, 15) is 5.11 Å². The summed E-state index contributed by atoms with van der Waals surface area (Å²) < 4.78 is 11.9. The molecule has 4 heteroatoms. The van der Waals surface area contributed by atoms with Crippen molar-refractivity contribution in [1.82, 2.24) is 0 Å². The van der Waals surface area contributed by atoms with Gasteiger partial charge in [0.05, 0.1) is 18.4 Å². The highest BCUT2D eigenvalue weighted by Crippen LogP contribution is 2.47. The number of rotatable bonds is 2. The summed E-state index contributed by atoms with van der Waals surface area (Å²) in [6, 6.07) is 9.38. The van der Waals surface area contributed by atoms with Crippen LogP contribution in [0.15, 0.2) is 35.3 Å². The monoisotopic (exact) mass is 351 g/mol. The molecule has 136 valence electrons. The minimum absolute atomic E-state index is 0.200. The molecule has 4 nitrogen and oxygen atoms in total. The fourth-order valence-electron chi connectivity index (χ4n) is 4.05. The molecule has 4 rings (SSSR count). The van der Waals surface area contributed by atoms with Crippen LogP contribution in [0.5, 0.6) is 17.2 Å². The summed E-state index contributed by atoms with van der Waals surface area (Å²) in [6.45, 7) is 8.50. The van der Waals surface area contributed by atoms with Crippen LogP contribution >= 0.6 is 0 Å². The Morgan fingerprint density at radius 2 is 1.77 bits per heavy atom. The first-order valence-corrected chi connectivity index (χ1v) is 9.00. The Hall–Kier alpha value is -2.49. The third-order valence-electron chi connectivity index (χ3n) is 5.04. The molecule has 2 aromatic rings. The lowest BCUT2D eigenvalue weighted by atomic mass is 9.81. The quantitative estimate of drug-likeness (QED) is 0.878. The molecular weight excluding hydrogens is 326 g/mol. The molecule has 2 aromatic carbocycles. The van der Waals surface area contributed by atoms with Crippen LogP contribution in [0, 0.1) is 0 Å². The van der Waals surface area contributed by atoms with Gasteiger partial charge in [0.1, 0.15) is 11.4 Å². The van der Waals surface area contributed by atoms with Crippen LogP contribution in [-0.2, 0) is 12.8 Å². The number of ether oxygens (including phenoxy) is 2. The van der Waals surface area contributed by atoms with Gasteiger partial charge < -0.3 is 14.6 Å². The van der Waals surface area contributed by atoms with Gasteiger partial charge in [-0.3, -0.25) is 4.99 Å². The molecule has 0 amide bonds. The minimum atomic E-state index is -0.266. The van der Waals surface area contributed by atoms with Gasteiger partial charge in [-0.05, 0) is 70.0 Å². The number of hydrogen-bond donors (Lipinski definition) is 1. The maximum Gasteiger partial charge on any atom is 0.166 e. The highest BCUT2D eigenvalue weighted by atomic mass is 16.5. The third-order valence-corrected chi connectivity index (χ3v) is 5.04. The highest BCUT2D eigenvalue weighted by molar-refractivity contribution is 6.16. The highest BCUT2D eigenvalue weighted by Gasteiger charge is 2.39. The zero-order chi connectivity index (χ0) is 18.7. The minimum Gasteiger partial charge on any atom is -0.508 e. The van der Waals surface area contributed by atoms with Gasteiger partial charge in [0.15, 0.2) is 11.5 Å². The van der Waals surface area contributed by atoms with Gasteiger partial charge in [0, 0.05) is 23.1 Å². The molecule has 0 aliphatic carbocycles. The van der Waals surface area contributed by atoms with Crippen molar-refractivity contribution in [1.29, 1.82) is 0 Å². The van der Waals surface area contributed by atoms with Crippen LogP contribution in [0.3, 0.4) is 0 Å². The number of aliphatic imine (C=N–C) groups is 1. The summed E-state index contributed by atoms with van der Waals surface area (Å²) in [6.07, 6.45) is 1.67. The van der Waals surface area contributed by atoms with Gasteiger partial charge in [-0.2, -0.15) is 0 Å². The SMILES string of the molecule is COc1cc2c(c3c1OC(C)(C)C3)C(c1ccc(O)cc1)=NC(C)(C)C2. The Morgan fingerprint density at radius 1 is 1.08 bits per heavy atom. The number of phenolic OH excluding ortho intramolecular Hbond substituents is 1. The molecule has 2 heterocycles. The van der Waals surface area contributed by atoms with Gasteiger partial charge in [-0.25, -0.2) is 0 Å². The lowest BCUT2D eigenvalue weighted by Gasteiger charge is -2.31. The lowest BCUT2D eigenvalue weighted by Crippen LogP contribution is -2.30. The van der Waals surface area contributed by atoms with E-state index in [1.165, 1.54) is 11.1 Å². The van der Waals surface area contributed by atoms with E-state index in [0.717, 1.165) is 41.2 Å². The summed E-state index contributed by atoms with van der Waals surface area (Å²) in [7, 11) is 1.69. The predicted molar refractivity (Wildman–Crippen MR) is 103 cm³/mol. The average Bonchev–Trinajstić information content (AvgIpc) is 2.88. The van der Waals surface area contributed by atoms with E-state index < -0.39 is 0 Å². The van der Waals surface area contributed by atoms with Gasteiger partial charge in [-0.1, -0.05) is 0 Å². The number of hydrogen-bond acceptors (Lipinski definition) is 4. The molecule has 0 unspecified atom stereocenters. The standard InChI is InChI=1S/C22H25NO3/c1-21(2)11-14-10-17(25-5)20-16(12-22(3,4)26-20)18(14)19(23-21)13-6-8-15(24)9-7-13/h6-10,24H,11-12H2,1-5H3. The molecule has 0 fully saturated rings. The molecule has 0 atom stereocenters. The zero-order valence-corrected chi connectivity index (χ0v) is 16.0. The molecule has 0 saturated carbocycles. The normalized spacial score (nSPS) is 19.2. The zero-order valence-electron chi connectivity index (χ0n) is 16.0. The second kappa shape index (κ2) is 5.50. The van der Waals surface area contributed by atoms with Crippen LogP contribution in [0.2, 0.25) is 0 Å². The van der Waals surface area contributed by atoms with E-state index in [1.54, 1.807) is 19.2 Å².